The lowest BCUT2D eigenvalue weighted by atomic mass is 9.98. The SMILES string of the molecule is CCNC(=NCc1csc(C(C)(C)C)n1)NCCCN1CCOCC1. The van der Waals surface area contributed by atoms with Crippen LogP contribution in [0.2, 0.25) is 0 Å². The van der Waals surface area contributed by atoms with E-state index in [9.17, 15) is 0 Å². The minimum absolute atomic E-state index is 0.106. The Kier molecular flexibility index (Phi) is 8.12. The van der Waals surface area contributed by atoms with Crippen molar-refractivity contribution >= 4 is 17.3 Å². The molecule has 1 aliphatic heterocycles. The Hall–Kier alpha value is -1.18. The zero-order valence-corrected chi connectivity index (χ0v) is 16.9. The van der Waals surface area contributed by atoms with Gasteiger partial charge in [0.1, 0.15) is 0 Å². The molecule has 2 rings (SSSR count). The maximum atomic E-state index is 5.38. The molecule has 2 N–H and O–H groups in total. The molecule has 142 valence electrons. The van der Waals surface area contributed by atoms with Gasteiger partial charge in [0.15, 0.2) is 5.96 Å². The number of ether oxygens (including phenoxy) is 1. The highest BCUT2D eigenvalue weighted by Gasteiger charge is 2.17. The molecule has 0 bridgehead atoms. The molecule has 0 aromatic carbocycles. The molecular weight excluding hydrogens is 334 g/mol. The molecule has 0 atom stereocenters. The minimum Gasteiger partial charge on any atom is -0.379 e. The van der Waals surface area contributed by atoms with Gasteiger partial charge in [0.2, 0.25) is 0 Å². The quantitative estimate of drug-likeness (QED) is 0.440. The second-order valence-electron chi connectivity index (χ2n) is 7.32. The van der Waals surface area contributed by atoms with Crippen molar-refractivity contribution in [2.75, 3.05) is 45.9 Å². The number of aliphatic imine (C=N–C) groups is 1. The normalized spacial score (nSPS) is 16.9. The van der Waals surface area contributed by atoms with Crippen molar-refractivity contribution in [1.82, 2.24) is 20.5 Å². The third-order valence-electron chi connectivity index (χ3n) is 3.98. The summed E-state index contributed by atoms with van der Waals surface area (Å²) in [6.45, 7) is 16.0. The summed E-state index contributed by atoms with van der Waals surface area (Å²) in [5.41, 5.74) is 1.15. The Balaban J connectivity index is 1.76. The number of rotatable bonds is 7. The number of thiazole rings is 1. The summed E-state index contributed by atoms with van der Waals surface area (Å²) in [4.78, 5) is 11.8. The van der Waals surface area contributed by atoms with Gasteiger partial charge in [-0.3, -0.25) is 4.90 Å². The largest absolute Gasteiger partial charge is 0.379 e. The standard InChI is InChI=1S/C18H33N5OS/c1-5-19-17(20-7-6-8-23-9-11-24-12-10-23)21-13-15-14-25-16(22-15)18(2,3)4/h14H,5-13H2,1-4H3,(H2,19,20,21). The molecule has 0 aliphatic carbocycles. The minimum atomic E-state index is 0.106. The molecule has 0 amide bonds. The van der Waals surface area contributed by atoms with Crippen molar-refractivity contribution in [3.8, 4) is 0 Å². The summed E-state index contributed by atoms with van der Waals surface area (Å²) in [5, 5.41) is 10.0. The van der Waals surface area contributed by atoms with Crippen molar-refractivity contribution in [1.29, 1.82) is 0 Å². The molecular formula is C18H33N5OS. The fourth-order valence-electron chi connectivity index (χ4n) is 2.56. The van der Waals surface area contributed by atoms with E-state index in [0.29, 0.717) is 6.54 Å². The van der Waals surface area contributed by atoms with E-state index >= 15 is 0 Å². The molecule has 0 spiro atoms. The van der Waals surface area contributed by atoms with Crippen LogP contribution in [0.25, 0.3) is 0 Å². The number of hydrogen-bond acceptors (Lipinski definition) is 5. The lowest BCUT2D eigenvalue weighted by Crippen LogP contribution is -2.40. The number of nitrogens with zero attached hydrogens (tertiary/aromatic N) is 3. The van der Waals surface area contributed by atoms with Crippen molar-refractivity contribution < 1.29 is 4.74 Å². The van der Waals surface area contributed by atoms with Crippen LogP contribution in [0.5, 0.6) is 0 Å². The zero-order valence-electron chi connectivity index (χ0n) is 16.1. The third kappa shape index (κ3) is 7.30. The van der Waals surface area contributed by atoms with Gasteiger partial charge < -0.3 is 15.4 Å². The Morgan fingerprint density at radius 3 is 2.72 bits per heavy atom. The summed E-state index contributed by atoms with van der Waals surface area (Å²) in [6.07, 6.45) is 1.11. The van der Waals surface area contributed by atoms with Crippen molar-refractivity contribution in [2.24, 2.45) is 4.99 Å². The van der Waals surface area contributed by atoms with Gasteiger partial charge in [-0.15, -0.1) is 11.3 Å². The Labute approximate surface area is 156 Å². The topological polar surface area (TPSA) is 61.8 Å². The summed E-state index contributed by atoms with van der Waals surface area (Å²) >= 11 is 1.72. The molecule has 7 heteroatoms. The molecule has 1 aromatic rings. The van der Waals surface area contributed by atoms with Gasteiger partial charge in [-0.2, -0.15) is 0 Å². The fraction of sp³-hybridized carbons (Fsp3) is 0.778. The Bertz CT molecular complexity index is 532. The summed E-state index contributed by atoms with van der Waals surface area (Å²) in [5.74, 6) is 0.870. The molecule has 1 fully saturated rings. The Morgan fingerprint density at radius 2 is 2.08 bits per heavy atom. The maximum absolute atomic E-state index is 5.38. The molecule has 6 nitrogen and oxygen atoms in total. The van der Waals surface area contributed by atoms with Gasteiger partial charge in [-0.05, 0) is 19.9 Å². The van der Waals surface area contributed by atoms with Gasteiger partial charge in [-0.1, -0.05) is 20.8 Å². The van der Waals surface area contributed by atoms with Crippen LogP contribution < -0.4 is 10.6 Å². The van der Waals surface area contributed by atoms with Crippen molar-refractivity contribution in [3.63, 3.8) is 0 Å². The monoisotopic (exact) mass is 367 g/mol. The van der Waals surface area contributed by atoms with E-state index in [2.05, 4.69) is 53.6 Å². The van der Waals surface area contributed by atoms with Gasteiger partial charge in [0.05, 0.1) is 30.5 Å². The average molecular weight is 368 g/mol. The summed E-state index contributed by atoms with van der Waals surface area (Å²) < 4.78 is 5.38. The molecule has 0 saturated carbocycles. The number of aromatic nitrogens is 1. The van der Waals surface area contributed by atoms with Crippen LogP contribution in [0.1, 0.15) is 44.8 Å². The lowest BCUT2D eigenvalue weighted by molar-refractivity contribution is 0.0376. The van der Waals surface area contributed by atoms with Crippen LogP contribution in [0, 0.1) is 0 Å². The molecule has 0 unspecified atom stereocenters. The molecule has 25 heavy (non-hydrogen) atoms. The number of morpholine rings is 1. The second-order valence-corrected chi connectivity index (χ2v) is 8.18. The van der Waals surface area contributed by atoms with E-state index in [1.807, 2.05) is 0 Å². The number of hydrogen-bond donors (Lipinski definition) is 2. The van der Waals surface area contributed by atoms with Crippen LogP contribution in [0.4, 0.5) is 0 Å². The number of guanidine groups is 1. The first-order valence-electron chi connectivity index (χ1n) is 9.26. The highest BCUT2D eigenvalue weighted by molar-refractivity contribution is 7.09. The average Bonchev–Trinajstić information content (AvgIpc) is 3.07. The van der Waals surface area contributed by atoms with E-state index in [-0.39, 0.29) is 5.41 Å². The molecule has 2 heterocycles. The summed E-state index contributed by atoms with van der Waals surface area (Å²) in [7, 11) is 0. The van der Waals surface area contributed by atoms with Crippen LogP contribution >= 0.6 is 11.3 Å². The van der Waals surface area contributed by atoms with Gasteiger partial charge in [-0.25, -0.2) is 9.98 Å². The predicted molar refractivity (Wildman–Crippen MR) is 106 cm³/mol. The van der Waals surface area contributed by atoms with Gasteiger partial charge in [0, 0.05) is 37.0 Å². The third-order valence-corrected chi connectivity index (χ3v) is 5.30. The van der Waals surface area contributed by atoms with E-state index in [1.54, 1.807) is 11.3 Å². The van der Waals surface area contributed by atoms with Gasteiger partial charge in [0.25, 0.3) is 0 Å². The first kappa shape index (κ1) is 20.1. The van der Waals surface area contributed by atoms with Crippen LogP contribution in [0.15, 0.2) is 10.4 Å². The van der Waals surface area contributed by atoms with E-state index < -0.39 is 0 Å². The fourth-order valence-corrected chi connectivity index (χ4v) is 3.46. The van der Waals surface area contributed by atoms with E-state index in [1.165, 1.54) is 5.01 Å². The van der Waals surface area contributed by atoms with E-state index in [4.69, 9.17) is 9.72 Å². The smallest absolute Gasteiger partial charge is 0.191 e. The van der Waals surface area contributed by atoms with E-state index in [0.717, 1.165) is 64.0 Å². The molecule has 1 aromatic heterocycles. The van der Waals surface area contributed by atoms with Gasteiger partial charge >= 0.3 is 0 Å². The Morgan fingerprint density at radius 1 is 1.32 bits per heavy atom. The van der Waals surface area contributed by atoms with Crippen LogP contribution in [0.3, 0.4) is 0 Å². The zero-order chi connectivity index (χ0) is 18.1. The van der Waals surface area contributed by atoms with Crippen LogP contribution in [-0.2, 0) is 16.7 Å². The predicted octanol–water partition coefficient (Wildman–Crippen LogP) is 2.22. The highest BCUT2D eigenvalue weighted by atomic mass is 32.1. The molecule has 0 radical (unpaired) electrons. The highest BCUT2D eigenvalue weighted by Crippen LogP contribution is 2.25. The lowest BCUT2D eigenvalue weighted by Gasteiger charge is -2.26. The summed E-state index contributed by atoms with van der Waals surface area (Å²) in [6, 6.07) is 0. The van der Waals surface area contributed by atoms with Crippen LogP contribution in [-0.4, -0.2) is 61.8 Å². The first-order valence-corrected chi connectivity index (χ1v) is 10.1. The second kappa shape index (κ2) is 10.1. The maximum Gasteiger partial charge on any atom is 0.191 e. The first-order chi connectivity index (χ1) is 12.0. The van der Waals surface area contributed by atoms with Crippen molar-refractivity contribution in [2.45, 2.75) is 46.1 Å². The molecule has 1 saturated heterocycles. The number of nitrogens with one attached hydrogen (secondary N) is 2. The molecule has 1 aliphatic rings. The van der Waals surface area contributed by atoms with Crippen molar-refractivity contribution in [3.05, 3.63) is 16.1 Å².